The van der Waals surface area contributed by atoms with Gasteiger partial charge in [-0.25, -0.2) is 4.39 Å². The van der Waals surface area contributed by atoms with E-state index in [2.05, 4.69) is 0 Å². The molecule has 0 radical (unpaired) electrons. The predicted molar refractivity (Wildman–Crippen MR) is 69.1 cm³/mol. The van der Waals surface area contributed by atoms with Crippen LogP contribution in [0.5, 0.6) is 17.2 Å². The molecule has 3 rings (SSSR count). The van der Waals surface area contributed by atoms with Crippen LogP contribution < -0.4 is 4.74 Å². The van der Waals surface area contributed by atoms with Crippen LogP contribution in [0.1, 0.15) is 15.9 Å². The SMILES string of the molecule is O=C1C(=Cc2cccc(F)c2)Oc2c1ccc(O)c2O. The van der Waals surface area contributed by atoms with Crippen molar-refractivity contribution in [2.75, 3.05) is 0 Å². The van der Waals surface area contributed by atoms with Gasteiger partial charge in [0.15, 0.2) is 17.3 Å². The maximum absolute atomic E-state index is 13.1. The van der Waals surface area contributed by atoms with Crippen LogP contribution in [-0.4, -0.2) is 16.0 Å². The Kier molecular flexibility index (Phi) is 2.68. The van der Waals surface area contributed by atoms with Gasteiger partial charge in [0.1, 0.15) is 5.82 Å². The Hall–Kier alpha value is -2.82. The van der Waals surface area contributed by atoms with Crippen molar-refractivity contribution in [3.05, 3.63) is 59.1 Å². The highest BCUT2D eigenvalue weighted by molar-refractivity contribution is 6.15. The highest BCUT2D eigenvalue weighted by Crippen LogP contribution is 2.44. The molecule has 0 unspecified atom stereocenters. The number of phenolic OH excluding ortho intramolecular Hbond substituents is 2. The van der Waals surface area contributed by atoms with E-state index in [0.29, 0.717) is 5.56 Å². The number of Topliss-reactive ketones (excluding diaryl/α,β-unsaturated/α-hetero) is 1. The number of hydrogen-bond acceptors (Lipinski definition) is 4. The lowest BCUT2D eigenvalue weighted by molar-refractivity contribution is 0.101. The first-order valence-electron chi connectivity index (χ1n) is 5.81. The number of carbonyl (C=O) groups is 1. The predicted octanol–water partition coefficient (Wildman–Crippen LogP) is 2.85. The van der Waals surface area contributed by atoms with Gasteiger partial charge in [0.25, 0.3) is 0 Å². The molecule has 0 atom stereocenters. The number of carbonyl (C=O) groups excluding carboxylic acids is 1. The molecule has 2 N–H and O–H groups in total. The van der Waals surface area contributed by atoms with Crippen LogP contribution in [0, 0.1) is 5.82 Å². The Morgan fingerprint density at radius 3 is 2.70 bits per heavy atom. The van der Waals surface area contributed by atoms with Crippen LogP contribution in [0.2, 0.25) is 0 Å². The number of hydrogen-bond donors (Lipinski definition) is 2. The van der Waals surface area contributed by atoms with Gasteiger partial charge in [-0.05, 0) is 35.9 Å². The second kappa shape index (κ2) is 4.38. The van der Waals surface area contributed by atoms with Crippen LogP contribution in [0.4, 0.5) is 4.39 Å². The monoisotopic (exact) mass is 272 g/mol. The molecular formula is C15H9FO4. The first-order valence-corrected chi connectivity index (χ1v) is 5.81. The highest BCUT2D eigenvalue weighted by atomic mass is 19.1. The zero-order valence-electron chi connectivity index (χ0n) is 10.1. The molecule has 0 aliphatic carbocycles. The van der Waals surface area contributed by atoms with Gasteiger partial charge in [-0.2, -0.15) is 0 Å². The largest absolute Gasteiger partial charge is 0.504 e. The fourth-order valence-electron chi connectivity index (χ4n) is 1.97. The Labute approximate surface area is 113 Å². The molecular weight excluding hydrogens is 263 g/mol. The minimum Gasteiger partial charge on any atom is -0.504 e. The number of phenols is 2. The molecule has 0 saturated carbocycles. The summed E-state index contributed by atoms with van der Waals surface area (Å²) in [6, 6.07) is 8.24. The number of rotatable bonds is 1. The Balaban J connectivity index is 2.04. The van der Waals surface area contributed by atoms with Gasteiger partial charge in [0, 0.05) is 0 Å². The minimum atomic E-state index is -0.488. The molecule has 5 heteroatoms. The van der Waals surface area contributed by atoms with Crippen molar-refractivity contribution >= 4 is 11.9 Å². The molecule has 4 nitrogen and oxygen atoms in total. The average molecular weight is 272 g/mol. The van der Waals surface area contributed by atoms with E-state index < -0.39 is 17.3 Å². The molecule has 0 aromatic heterocycles. The average Bonchev–Trinajstić information content (AvgIpc) is 2.72. The summed E-state index contributed by atoms with van der Waals surface area (Å²) in [6.45, 7) is 0. The van der Waals surface area contributed by atoms with Crippen molar-refractivity contribution in [2.24, 2.45) is 0 Å². The van der Waals surface area contributed by atoms with Gasteiger partial charge in [-0.3, -0.25) is 4.79 Å². The summed E-state index contributed by atoms with van der Waals surface area (Å²) in [6.07, 6.45) is 1.38. The van der Waals surface area contributed by atoms with Crippen LogP contribution in [0.3, 0.4) is 0 Å². The quantitative estimate of drug-likeness (QED) is 0.618. The number of allylic oxidation sites excluding steroid dienone is 1. The maximum Gasteiger partial charge on any atom is 0.232 e. The van der Waals surface area contributed by atoms with E-state index in [1.807, 2.05) is 0 Å². The molecule has 1 heterocycles. The summed E-state index contributed by atoms with van der Waals surface area (Å²) in [7, 11) is 0. The lowest BCUT2D eigenvalue weighted by atomic mass is 10.1. The van der Waals surface area contributed by atoms with Gasteiger partial charge in [0.05, 0.1) is 5.56 Å². The van der Waals surface area contributed by atoms with Gasteiger partial charge < -0.3 is 14.9 Å². The summed E-state index contributed by atoms with van der Waals surface area (Å²) >= 11 is 0. The summed E-state index contributed by atoms with van der Waals surface area (Å²) in [5.74, 6) is -1.84. The lowest BCUT2D eigenvalue weighted by Crippen LogP contribution is -1.98. The Morgan fingerprint density at radius 1 is 1.15 bits per heavy atom. The van der Waals surface area contributed by atoms with Crippen molar-refractivity contribution in [3.8, 4) is 17.2 Å². The zero-order chi connectivity index (χ0) is 14.3. The summed E-state index contributed by atoms with van der Waals surface area (Å²) < 4.78 is 18.3. The third-order valence-electron chi connectivity index (χ3n) is 2.94. The summed E-state index contributed by atoms with van der Waals surface area (Å²) in [5, 5.41) is 19.0. The van der Waals surface area contributed by atoms with Gasteiger partial charge in [-0.15, -0.1) is 0 Å². The molecule has 1 aliphatic heterocycles. The standard InChI is InChI=1S/C15H9FO4/c16-9-3-1-2-8(6-9)7-12-13(18)10-4-5-11(17)14(19)15(10)20-12/h1-7,17,19H. The van der Waals surface area contributed by atoms with Gasteiger partial charge in [-0.1, -0.05) is 12.1 Å². The van der Waals surface area contributed by atoms with E-state index in [1.165, 1.54) is 36.4 Å². The first-order chi connectivity index (χ1) is 9.56. The summed E-state index contributed by atoms with van der Waals surface area (Å²) in [4.78, 5) is 12.1. The number of ether oxygens (including phenoxy) is 1. The fraction of sp³-hybridized carbons (Fsp3) is 0. The number of ketones is 1. The molecule has 2 aromatic carbocycles. The molecule has 0 bridgehead atoms. The van der Waals surface area contributed by atoms with Crippen LogP contribution in [0.25, 0.3) is 6.08 Å². The fourth-order valence-corrected chi connectivity index (χ4v) is 1.97. The number of benzene rings is 2. The normalized spacial score (nSPS) is 15.2. The molecule has 100 valence electrons. The molecule has 1 aliphatic rings. The highest BCUT2D eigenvalue weighted by Gasteiger charge is 2.31. The van der Waals surface area contributed by atoms with E-state index in [0.717, 1.165) is 0 Å². The maximum atomic E-state index is 13.1. The molecule has 0 spiro atoms. The smallest absolute Gasteiger partial charge is 0.232 e. The molecule has 0 saturated heterocycles. The second-order valence-electron chi connectivity index (χ2n) is 4.30. The van der Waals surface area contributed by atoms with Gasteiger partial charge >= 0.3 is 0 Å². The van der Waals surface area contributed by atoms with Gasteiger partial charge in [0.2, 0.25) is 11.5 Å². The third kappa shape index (κ3) is 1.89. The van der Waals surface area contributed by atoms with E-state index in [1.54, 1.807) is 6.07 Å². The van der Waals surface area contributed by atoms with E-state index >= 15 is 0 Å². The van der Waals surface area contributed by atoms with E-state index in [-0.39, 0.29) is 22.8 Å². The number of fused-ring (bicyclic) bond motifs is 1. The minimum absolute atomic E-state index is 0.0356. The molecule has 20 heavy (non-hydrogen) atoms. The Morgan fingerprint density at radius 2 is 1.95 bits per heavy atom. The third-order valence-corrected chi connectivity index (χ3v) is 2.94. The van der Waals surface area contributed by atoms with Crippen LogP contribution in [-0.2, 0) is 0 Å². The van der Waals surface area contributed by atoms with Crippen molar-refractivity contribution < 1.29 is 24.1 Å². The number of aromatic hydroxyl groups is 2. The van der Waals surface area contributed by atoms with Crippen molar-refractivity contribution in [1.29, 1.82) is 0 Å². The number of halogens is 1. The second-order valence-corrected chi connectivity index (χ2v) is 4.30. The van der Waals surface area contributed by atoms with Crippen molar-refractivity contribution in [3.63, 3.8) is 0 Å². The summed E-state index contributed by atoms with van der Waals surface area (Å²) in [5.41, 5.74) is 0.618. The first kappa shape index (κ1) is 12.2. The van der Waals surface area contributed by atoms with Crippen molar-refractivity contribution in [2.45, 2.75) is 0 Å². The lowest BCUT2D eigenvalue weighted by Gasteiger charge is -2.02. The van der Waals surface area contributed by atoms with E-state index in [4.69, 9.17) is 4.74 Å². The Bertz CT molecular complexity index is 750. The van der Waals surface area contributed by atoms with Crippen LogP contribution in [0.15, 0.2) is 42.2 Å². The van der Waals surface area contributed by atoms with Crippen LogP contribution >= 0.6 is 0 Å². The zero-order valence-corrected chi connectivity index (χ0v) is 10.1. The molecule has 0 fully saturated rings. The topological polar surface area (TPSA) is 66.8 Å². The molecule has 0 amide bonds. The van der Waals surface area contributed by atoms with E-state index in [9.17, 15) is 19.4 Å². The van der Waals surface area contributed by atoms with Crippen molar-refractivity contribution in [1.82, 2.24) is 0 Å². The molecule has 2 aromatic rings.